The molecule has 1 amide bonds. The van der Waals surface area contributed by atoms with Crippen LogP contribution in [0.5, 0.6) is 0 Å². The Morgan fingerprint density at radius 2 is 1.68 bits per heavy atom. The zero-order chi connectivity index (χ0) is 17.4. The van der Waals surface area contributed by atoms with Gasteiger partial charge in [0.1, 0.15) is 0 Å². The summed E-state index contributed by atoms with van der Waals surface area (Å²) in [6.07, 6.45) is 0. The normalized spacial score (nSPS) is 15.0. The molecule has 0 atom stereocenters. The number of nitrogens with zero attached hydrogens (tertiary/aromatic N) is 4. The van der Waals surface area contributed by atoms with Gasteiger partial charge in [0.2, 0.25) is 0 Å². The number of para-hydroxylation sites is 1. The van der Waals surface area contributed by atoms with Crippen molar-refractivity contribution in [3.8, 4) is 0 Å². The van der Waals surface area contributed by atoms with Crippen molar-refractivity contribution in [2.24, 2.45) is 7.05 Å². The van der Waals surface area contributed by atoms with Gasteiger partial charge in [-0.2, -0.15) is 5.10 Å². The Morgan fingerprint density at radius 3 is 2.40 bits per heavy atom. The molecule has 6 heteroatoms. The third kappa shape index (κ3) is 2.96. The van der Waals surface area contributed by atoms with Crippen LogP contribution in [0.25, 0.3) is 10.9 Å². The lowest BCUT2D eigenvalue weighted by Crippen LogP contribution is -2.49. The fourth-order valence-electron chi connectivity index (χ4n) is 3.34. The van der Waals surface area contributed by atoms with E-state index in [9.17, 15) is 4.79 Å². The van der Waals surface area contributed by atoms with Gasteiger partial charge in [-0.15, -0.1) is 0 Å². The van der Waals surface area contributed by atoms with Crippen LogP contribution in [-0.4, -0.2) is 46.8 Å². The number of hydrogen-bond donors (Lipinski definition) is 0. The van der Waals surface area contributed by atoms with Crippen LogP contribution in [0.15, 0.2) is 48.5 Å². The SMILES string of the molecule is Cn1nc(C(=O)N2CCN(c3ccc(Cl)cc3)CC2)c2ccccc21. The number of aryl methyl sites for hydroxylation is 1. The molecule has 4 rings (SSSR count). The Morgan fingerprint density at radius 1 is 1.00 bits per heavy atom. The molecule has 1 aliphatic heterocycles. The maximum Gasteiger partial charge on any atom is 0.275 e. The number of hydrogen-bond acceptors (Lipinski definition) is 3. The van der Waals surface area contributed by atoms with Crippen molar-refractivity contribution >= 4 is 34.1 Å². The molecule has 25 heavy (non-hydrogen) atoms. The molecule has 1 aromatic heterocycles. The van der Waals surface area contributed by atoms with Crippen molar-refractivity contribution in [1.82, 2.24) is 14.7 Å². The second-order valence-electron chi connectivity index (χ2n) is 6.25. The Bertz CT molecular complexity index is 911. The van der Waals surface area contributed by atoms with Crippen LogP contribution in [0.4, 0.5) is 5.69 Å². The average molecular weight is 355 g/mol. The molecule has 0 spiro atoms. The van der Waals surface area contributed by atoms with E-state index in [0.717, 1.165) is 34.7 Å². The third-order valence-corrected chi connectivity index (χ3v) is 4.97. The summed E-state index contributed by atoms with van der Waals surface area (Å²) in [5.41, 5.74) is 2.66. The number of carbonyl (C=O) groups is 1. The van der Waals surface area contributed by atoms with E-state index in [2.05, 4.69) is 10.00 Å². The van der Waals surface area contributed by atoms with Crippen LogP contribution in [0.2, 0.25) is 5.02 Å². The molecular weight excluding hydrogens is 336 g/mol. The Balaban J connectivity index is 1.50. The van der Waals surface area contributed by atoms with Crippen molar-refractivity contribution in [3.05, 3.63) is 59.2 Å². The molecule has 2 aromatic carbocycles. The number of halogens is 1. The molecule has 1 saturated heterocycles. The minimum Gasteiger partial charge on any atom is -0.368 e. The summed E-state index contributed by atoms with van der Waals surface area (Å²) in [4.78, 5) is 17.1. The van der Waals surface area contributed by atoms with Gasteiger partial charge in [0.25, 0.3) is 5.91 Å². The van der Waals surface area contributed by atoms with E-state index in [0.29, 0.717) is 18.8 Å². The lowest BCUT2D eigenvalue weighted by molar-refractivity contribution is 0.0742. The van der Waals surface area contributed by atoms with Crippen LogP contribution >= 0.6 is 11.6 Å². The fraction of sp³-hybridized carbons (Fsp3) is 0.263. The average Bonchev–Trinajstić information content (AvgIpc) is 2.99. The molecule has 0 saturated carbocycles. The first kappa shape index (κ1) is 16.0. The number of piperazine rings is 1. The predicted octanol–water partition coefficient (Wildman–Crippen LogP) is 3.19. The minimum absolute atomic E-state index is 0.00700. The van der Waals surface area contributed by atoms with Crippen LogP contribution in [-0.2, 0) is 7.05 Å². The fourth-order valence-corrected chi connectivity index (χ4v) is 3.47. The standard InChI is InChI=1S/C19H19ClN4O/c1-22-17-5-3-2-4-16(17)18(21-22)19(25)24-12-10-23(11-13-24)15-8-6-14(20)7-9-15/h2-9H,10-13H2,1H3. The largest absolute Gasteiger partial charge is 0.368 e. The van der Waals surface area contributed by atoms with Crippen molar-refractivity contribution in [3.63, 3.8) is 0 Å². The third-order valence-electron chi connectivity index (χ3n) is 4.72. The summed E-state index contributed by atoms with van der Waals surface area (Å²) in [5, 5.41) is 6.10. The van der Waals surface area contributed by atoms with E-state index in [4.69, 9.17) is 11.6 Å². The number of rotatable bonds is 2. The van der Waals surface area contributed by atoms with Crippen LogP contribution < -0.4 is 4.90 Å². The lowest BCUT2D eigenvalue weighted by Gasteiger charge is -2.35. The zero-order valence-electron chi connectivity index (χ0n) is 14.0. The topological polar surface area (TPSA) is 41.4 Å². The molecule has 2 heterocycles. The molecule has 0 bridgehead atoms. The van der Waals surface area contributed by atoms with Gasteiger partial charge >= 0.3 is 0 Å². The molecule has 0 radical (unpaired) electrons. The molecule has 3 aromatic rings. The Labute approximate surface area is 151 Å². The van der Waals surface area contributed by atoms with E-state index >= 15 is 0 Å². The molecule has 1 fully saturated rings. The second-order valence-corrected chi connectivity index (χ2v) is 6.68. The van der Waals surface area contributed by atoms with Crippen molar-refractivity contribution in [1.29, 1.82) is 0 Å². The summed E-state index contributed by atoms with van der Waals surface area (Å²) >= 11 is 5.95. The van der Waals surface area contributed by atoms with Gasteiger partial charge < -0.3 is 9.80 Å². The van der Waals surface area contributed by atoms with Crippen molar-refractivity contribution in [2.45, 2.75) is 0 Å². The number of fused-ring (bicyclic) bond motifs is 1. The summed E-state index contributed by atoms with van der Waals surface area (Å²) in [6, 6.07) is 15.7. The molecule has 0 N–H and O–H groups in total. The maximum absolute atomic E-state index is 12.9. The second kappa shape index (κ2) is 6.41. The zero-order valence-corrected chi connectivity index (χ0v) is 14.8. The number of benzene rings is 2. The highest BCUT2D eigenvalue weighted by molar-refractivity contribution is 6.30. The number of anilines is 1. The van der Waals surface area contributed by atoms with Crippen LogP contribution in [0.3, 0.4) is 0 Å². The highest BCUT2D eigenvalue weighted by atomic mass is 35.5. The number of carbonyl (C=O) groups excluding carboxylic acids is 1. The minimum atomic E-state index is 0.00700. The van der Waals surface area contributed by atoms with Gasteiger partial charge in [0, 0.05) is 49.3 Å². The molecule has 1 aliphatic rings. The van der Waals surface area contributed by atoms with Crippen molar-refractivity contribution < 1.29 is 4.79 Å². The smallest absolute Gasteiger partial charge is 0.275 e. The highest BCUT2D eigenvalue weighted by Crippen LogP contribution is 2.22. The van der Waals surface area contributed by atoms with Gasteiger partial charge in [-0.25, -0.2) is 0 Å². The highest BCUT2D eigenvalue weighted by Gasteiger charge is 2.25. The van der Waals surface area contributed by atoms with Gasteiger partial charge in [0.15, 0.2) is 5.69 Å². The van der Waals surface area contributed by atoms with Gasteiger partial charge in [-0.1, -0.05) is 29.8 Å². The quantitative estimate of drug-likeness (QED) is 0.709. The van der Waals surface area contributed by atoms with E-state index in [1.165, 1.54) is 0 Å². The van der Waals surface area contributed by atoms with Gasteiger partial charge in [-0.05, 0) is 30.3 Å². The predicted molar refractivity (Wildman–Crippen MR) is 100 cm³/mol. The first-order valence-corrected chi connectivity index (χ1v) is 8.73. The summed E-state index contributed by atoms with van der Waals surface area (Å²) in [6.45, 7) is 2.98. The first-order valence-electron chi connectivity index (χ1n) is 8.35. The Kier molecular flexibility index (Phi) is 4.09. The molecule has 0 unspecified atom stereocenters. The number of aromatic nitrogens is 2. The Hall–Kier alpha value is -2.53. The summed E-state index contributed by atoms with van der Waals surface area (Å²) < 4.78 is 1.77. The van der Waals surface area contributed by atoms with E-state index in [-0.39, 0.29) is 5.91 Å². The monoisotopic (exact) mass is 354 g/mol. The molecule has 5 nitrogen and oxygen atoms in total. The molecule has 128 valence electrons. The number of amides is 1. The van der Waals surface area contributed by atoms with E-state index < -0.39 is 0 Å². The lowest BCUT2D eigenvalue weighted by atomic mass is 10.2. The van der Waals surface area contributed by atoms with Crippen molar-refractivity contribution in [2.75, 3.05) is 31.1 Å². The maximum atomic E-state index is 12.9. The summed E-state index contributed by atoms with van der Waals surface area (Å²) in [7, 11) is 1.87. The van der Waals surface area contributed by atoms with Gasteiger partial charge in [-0.3, -0.25) is 9.48 Å². The van der Waals surface area contributed by atoms with Crippen LogP contribution in [0.1, 0.15) is 10.5 Å². The van der Waals surface area contributed by atoms with E-state index in [1.54, 1.807) is 4.68 Å². The molecule has 0 aliphatic carbocycles. The van der Waals surface area contributed by atoms with E-state index in [1.807, 2.05) is 60.5 Å². The molecular formula is C19H19ClN4O. The first-order chi connectivity index (χ1) is 12.1. The summed E-state index contributed by atoms with van der Waals surface area (Å²) in [5.74, 6) is 0.00700. The van der Waals surface area contributed by atoms with Gasteiger partial charge in [0.05, 0.1) is 5.52 Å². The van der Waals surface area contributed by atoms with Crippen LogP contribution in [0, 0.1) is 0 Å².